The van der Waals surface area contributed by atoms with Gasteiger partial charge >= 0.3 is 0 Å². The Morgan fingerprint density at radius 2 is 1.96 bits per heavy atom. The molecular formula is C16H17N3O5S. The van der Waals surface area contributed by atoms with Crippen molar-refractivity contribution in [3.05, 3.63) is 53.3 Å². The fourth-order valence-corrected chi connectivity index (χ4v) is 4.09. The van der Waals surface area contributed by atoms with Gasteiger partial charge in [-0.15, -0.1) is 0 Å². The zero-order valence-corrected chi connectivity index (χ0v) is 14.3. The van der Waals surface area contributed by atoms with Crippen molar-refractivity contribution in [1.29, 1.82) is 0 Å². The lowest BCUT2D eigenvalue weighted by Crippen LogP contribution is -2.36. The topological polar surface area (TPSA) is 109 Å². The molecule has 0 saturated carbocycles. The monoisotopic (exact) mass is 363 g/mol. The second-order valence-electron chi connectivity index (χ2n) is 5.51. The van der Waals surface area contributed by atoms with Crippen LogP contribution in [-0.2, 0) is 23.0 Å². The second kappa shape index (κ2) is 6.79. The maximum Gasteiger partial charge on any atom is 0.293 e. The van der Waals surface area contributed by atoms with Gasteiger partial charge in [0.2, 0.25) is 10.0 Å². The second-order valence-corrected chi connectivity index (χ2v) is 7.45. The minimum atomic E-state index is -3.63. The van der Waals surface area contributed by atoms with Crippen molar-refractivity contribution in [2.75, 3.05) is 13.7 Å². The molecule has 0 saturated heterocycles. The van der Waals surface area contributed by atoms with Gasteiger partial charge in [-0.3, -0.25) is 10.0 Å². The van der Waals surface area contributed by atoms with Crippen LogP contribution < -0.4 is 10.2 Å². The molecule has 1 aromatic heterocycles. The number of nitrogens with zero attached hydrogens (tertiary/aromatic N) is 2. The summed E-state index contributed by atoms with van der Waals surface area (Å²) < 4.78 is 32.0. The van der Waals surface area contributed by atoms with Gasteiger partial charge in [-0.2, -0.15) is 4.31 Å². The third kappa shape index (κ3) is 3.34. The number of hydrogen-bond donors (Lipinski definition) is 2. The van der Waals surface area contributed by atoms with Crippen LogP contribution in [0.3, 0.4) is 0 Å². The number of ether oxygens (including phenoxy) is 1. The van der Waals surface area contributed by atoms with Gasteiger partial charge in [-0.25, -0.2) is 18.9 Å². The van der Waals surface area contributed by atoms with Crippen LogP contribution in [0, 0.1) is 0 Å². The van der Waals surface area contributed by atoms with Crippen LogP contribution in [0.2, 0.25) is 0 Å². The molecule has 25 heavy (non-hydrogen) atoms. The minimum absolute atomic E-state index is 0.0905. The van der Waals surface area contributed by atoms with Gasteiger partial charge in [0.15, 0.2) is 0 Å². The number of aromatic nitrogens is 1. The molecule has 8 nitrogen and oxygen atoms in total. The van der Waals surface area contributed by atoms with Crippen molar-refractivity contribution in [2.24, 2.45) is 0 Å². The summed E-state index contributed by atoms with van der Waals surface area (Å²) in [6.45, 7) is 0.441. The molecule has 2 N–H and O–H groups in total. The van der Waals surface area contributed by atoms with E-state index in [0.717, 1.165) is 5.56 Å². The number of benzene rings is 1. The Hall–Kier alpha value is -2.49. The van der Waals surface area contributed by atoms with Crippen molar-refractivity contribution in [3.63, 3.8) is 0 Å². The molecular weight excluding hydrogens is 346 g/mol. The van der Waals surface area contributed by atoms with Crippen LogP contribution in [-0.4, -0.2) is 42.5 Å². The maximum absolute atomic E-state index is 12.8. The van der Waals surface area contributed by atoms with Gasteiger partial charge in [-0.1, -0.05) is 6.07 Å². The van der Waals surface area contributed by atoms with E-state index < -0.39 is 15.9 Å². The fourth-order valence-electron chi connectivity index (χ4n) is 2.68. The van der Waals surface area contributed by atoms with Crippen LogP contribution >= 0.6 is 0 Å². The number of amides is 1. The van der Waals surface area contributed by atoms with Crippen LogP contribution in [0.15, 0.2) is 41.3 Å². The normalized spacial score (nSPS) is 14.6. The molecule has 9 heteroatoms. The third-order valence-electron chi connectivity index (χ3n) is 4.04. The summed E-state index contributed by atoms with van der Waals surface area (Å²) in [5.41, 5.74) is 3.01. The molecule has 1 aliphatic rings. The summed E-state index contributed by atoms with van der Waals surface area (Å²) in [5, 5.41) is 8.67. The zero-order valence-electron chi connectivity index (χ0n) is 13.5. The SMILES string of the molecule is COc1ccc(S(=O)(=O)N2CCc3nc(C(=O)NO)ccc3C2)cc1. The molecule has 0 radical (unpaired) electrons. The summed E-state index contributed by atoms with van der Waals surface area (Å²) in [5.74, 6) is -0.113. The molecule has 2 heterocycles. The van der Waals surface area contributed by atoms with E-state index in [1.807, 2.05) is 0 Å². The summed E-state index contributed by atoms with van der Waals surface area (Å²) in [6.07, 6.45) is 0.386. The Kier molecular flexibility index (Phi) is 4.71. The van der Waals surface area contributed by atoms with E-state index in [0.29, 0.717) is 17.9 Å². The molecule has 132 valence electrons. The standard InChI is InChI=1S/C16H17N3O5S/c1-24-12-3-5-13(6-4-12)25(22,23)19-9-8-14-11(10-19)2-7-15(17-14)16(20)18-21/h2-7,21H,8-10H2,1H3,(H,18,20). The first-order valence-electron chi connectivity index (χ1n) is 7.53. The predicted octanol–water partition coefficient (Wildman–Crippen LogP) is 0.956. The number of nitrogens with one attached hydrogen (secondary N) is 1. The number of sulfonamides is 1. The molecule has 1 amide bonds. The van der Waals surface area contributed by atoms with Crippen molar-refractivity contribution in [3.8, 4) is 5.75 Å². The largest absolute Gasteiger partial charge is 0.497 e. The number of methoxy groups -OCH3 is 1. The lowest BCUT2D eigenvalue weighted by molar-refractivity contribution is 0.0700. The number of carbonyl (C=O) groups is 1. The molecule has 0 spiro atoms. The average Bonchev–Trinajstić information content (AvgIpc) is 2.66. The van der Waals surface area contributed by atoms with E-state index in [2.05, 4.69) is 4.98 Å². The number of fused-ring (bicyclic) bond motifs is 1. The summed E-state index contributed by atoms with van der Waals surface area (Å²) >= 11 is 0. The number of hydroxylamine groups is 1. The highest BCUT2D eigenvalue weighted by Crippen LogP contribution is 2.25. The lowest BCUT2D eigenvalue weighted by atomic mass is 10.1. The molecule has 3 rings (SSSR count). The van der Waals surface area contributed by atoms with Gasteiger partial charge in [0, 0.05) is 25.2 Å². The molecule has 1 aliphatic heterocycles. The Balaban J connectivity index is 1.85. The number of rotatable bonds is 4. The van der Waals surface area contributed by atoms with E-state index in [1.165, 1.54) is 35.1 Å². The smallest absolute Gasteiger partial charge is 0.293 e. The highest BCUT2D eigenvalue weighted by atomic mass is 32.2. The Morgan fingerprint density at radius 1 is 1.24 bits per heavy atom. The number of carbonyl (C=O) groups excluding carboxylic acids is 1. The van der Waals surface area contributed by atoms with Gasteiger partial charge in [-0.05, 0) is 35.9 Å². The predicted molar refractivity (Wildman–Crippen MR) is 87.8 cm³/mol. The van der Waals surface area contributed by atoms with Gasteiger partial charge in [0.05, 0.1) is 12.0 Å². The van der Waals surface area contributed by atoms with Crippen molar-refractivity contribution in [2.45, 2.75) is 17.9 Å². The summed E-state index contributed by atoms with van der Waals surface area (Å²) in [7, 11) is -2.11. The lowest BCUT2D eigenvalue weighted by Gasteiger charge is -2.27. The zero-order chi connectivity index (χ0) is 18.0. The first-order chi connectivity index (χ1) is 12.0. The molecule has 0 bridgehead atoms. The van der Waals surface area contributed by atoms with Gasteiger partial charge in [0.1, 0.15) is 11.4 Å². The maximum atomic E-state index is 12.8. The van der Waals surface area contributed by atoms with E-state index >= 15 is 0 Å². The summed E-state index contributed by atoms with van der Waals surface area (Å²) in [6, 6.07) is 9.34. The molecule has 0 unspecified atom stereocenters. The summed E-state index contributed by atoms with van der Waals surface area (Å²) in [4.78, 5) is 15.8. The Labute approximate surface area is 145 Å². The highest BCUT2D eigenvalue weighted by Gasteiger charge is 2.29. The van der Waals surface area contributed by atoms with E-state index in [1.54, 1.807) is 18.2 Å². The first kappa shape index (κ1) is 17.3. The van der Waals surface area contributed by atoms with Crippen LogP contribution in [0.4, 0.5) is 0 Å². The van der Waals surface area contributed by atoms with Crippen LogP contribution in [0.5, 0.6) is 5.75 Å². The highest BCUT2D eigenvalue weighted by molar-refractivity contribution is 7.89. The van der Waals surface area contributed by atoms with E-state index in [4.69, 9.17) is 9.94 Å². The molecule has 0 fully saturated rings. The van der Waals surface area contributed by atoms with Crippen molar-refractivity contribution < 1.29 is 23.2 Å². The number of hydrogen-bond acceptors (Lipinski definition) is 6. The van der Waals surface area contributed by atoms with E-state index in [-0.39, 0.29) is 23.7 Å². The first-order valence-corrected chi connectivity index (χ1v) is 8.97. The Bertz CT molecular complexity index is 896. The van der Waals surface area contributed by atoms with Crippen LogP contribution in [0.1, 0.15) is 21.7 Å². The van der Waals surface area contributed by atoms with Gasteiger partial charge in [0.25, 0.3) is 5.91 Å². The Morgan fingerprint density at radius 3 is 2.60 bits per heavy atom. The number of pyridine rings is 1. The van der Waals surface area contributed by atoms with Crippen molar-refractivity contribution in [1.82, 2.24) is 14.8 Å². The quantitative estimate of drug-likeness (QED) is 0.619. The molecule has 0 atom stereocenters. The van der Waals surface area contributed by atoms with Crippen molar-refractivity contribution >= 4 is 15.9 Å². The van der Waals surface area contributed by atoms with Crippen LogP contribution in [0.25, 0.3) is 0 Å². The fraction of sp³-hybridized carbons (Fsp3) is 0.250. The minimum Gasteiger partial charge on any atom is -0.497 e. The molecule has 1 aromatic carbocycles. The van der Waals surface area contributed by atoms with E-state index in [9.17, 15) is 13.2 Å². The third-order valence-corrected chi connectivity index (χ3v) is 5.90. The molecule has 2 aromatic rings. The molecule has 0 aliphatic carbocycles. The average molecular weight is 363 g/mol. The van der Waals surface area contributed by atoms with Gasteiger partial charge < -0.3 is 4.74 Å².